The van der Waals surface area contributed by atoms with Crippen LogP contribution in [0.4, 0.5) is 14.9 Å². The van der Waals surface area contributed by atoms with Gasteiger partial charge in [0.25, 0.3) is 0 Å². The molecule has 8 heteroatoms. The summed E-state index contributed by atoms with van der Waals surface area (Å²) in [6.45, 7) is 10.7. The molecule has 1 fully saturated rings. The number of ether oxygens (including phenoxy) is 1. The van der Waals surface area contributed by atoms with Crippen LogP contribution >= 0.6 is 11.3 Å². The van der Waals surface area contributed by atoms with Crippen molar-refractivity contribution >= 4 is 33.3 Å². The molecule has 1 unspecified atom stereocenters. The fraction of sp³-hybridized carbons (Fsp3) is 0.550. The van der Waals surface area contributed by atoms with Gasteiger partial charge in [0.2, 0.25) is 0 Å². The molecule has 2 heterocycles. The highest BCUT2D eigenvalue weighted by Gasteiger charge is 2.39. The molecule has 2 aromatic rings. The van der Waals surface area contributed by atoms with Crippen molar-refractivity contribution in [2.75, 3.05) is 18.4 Å². The number of amides is 1. The molecule has 0 saturated carbocycles. The second-order valence-electron chi connectivity index (χ2n) is 8.81. The number of nitrogens with one attached hydrogen (secondary N) is 1. The number of nitriles is 1. The Morgan fingerprint density at radius 1 is 1.46 bits per heavy atom. The first-order chi connectivity index (χ1) is 13.0. The zero-order valence-electron chi connectivity index (χ0n) is 16.8. The number of hydrogen-bond acceptors (Lipinski definition) is 6. The van der Waals surface area contributed by atoms with Crippen molar-refractivity contribution in [3.05, 3.63) is 23.0 Å². The van der Waals surface area contributed by atoms with Crippen LogP contribution in [0.25, 0.3) is 10.2 Å². The predicted octanol–water partition coefficient (Wildman–Crippen LogP) is 4.75. The normalized spacial score (nSPS) is 19.3. The Morgan fingerprint density at radius 3 is 2.79 bits per heavy atom. The maximum atomic E-state index is 14.6. The van der Waals surface area contributed by atoms with Crippen LogP contribution in [0.3, 0.4) is 0 Å². The van der Waals surface area contributed by atoms with E-state index in [1.807, 2.05) is 40.7 Å². The fourth-order valence-corrected chi connectivity index (χ4v) is 4.17. The highest BCUT2D eigenvalue weighted by Crippen LogP contribution is 2.34. The Labute approximate surface area is 168 Å². The van der Waals surface area contributed by atoms with Crippen molar-refractivity contribution in [2.24, 2.45) is 5.41 Å². The van der Waals surface area contributed by atoms with Crippen molar-refractivity contribution in [3.63, 3.8) is 0 Å². The van der Waals surface area contributed by atoms with Gasteiger partial charge in [-0.05, 0) is 39.3 Å². The Bertz CT molecular complexity index is 942. The first kappa shape index (κ1) is 20.3. The molecule has 3 rings (SSSR count). The second kappa shape index (κ2) is 7.21. The van der Waals surface area contributed by atoms with Crippen LogP contribution in [0, 0.1) is 22.6 Å². The van der Waals surface area contributed by atoms with E-state index < -0.39 is 5.60 Å². The lowest BCUT2D eigenvalue weighted by molar-refractivity contribution is 0.00689. The second-order valence-corrected chi connectivity index (χ2v) is 9.84. The van der Waals surface area contributed by atoms with Gasteiger partial charge < -0.3 is 15.0 Å². The molecule has 150 valence electrons. The molecule has 6 nitrogen and oxygen atoms in total. The van der Waals surface area contributed by atoms with Gasteiger partial charge in [-0.3, -0.25) is 0 Å². The van der Waals surface area contributed by atoms with Gasteiger partial charge in [0, 0.05) is 24.5 Å². The highest BCUT2D eigenvalue weighted by atomic mass is 32.1. The SMILES string of the molecule is CC(C)(C)OC(=O)N1CCC(Nc2cc3nc(C#N)sc3cc2F)C(C)(C)C1. The van der Waals surface area contributed by atoms with E-state index in [9.17, 15) is 9.18 Å². The molecule has 0 bridgehead atoms. The lowest BCUT2D eigenvalue weighted by Gasteiger charge is -2.45. The third kappa shape index (κ3) is 4.36. The quantitative estimate of drug-likeness (QED) is 0.781. The summed E-state index contributed by atoms with van der Waals surface area (Å²) in [6.07, 6.45) is 0.350. The van der Waals surface area contributed by atoms with Gasteiger partial charge in [-0.1, -0.05) is 13.8 Å². The summed E-state index contributed by atoms with van der Waals surface area (Å²) in [5, 5.41) is 12.6. The third-order valence-electron chi connectivity index (χ3n) is 4.78. The number of rotatable bonds is 2. The van der Waals surface area contributed by atoms with Gasteiger partial charge in [-0.15, -0.1) is 11.3 Å². The maximum Gasteiger partial charge on any atom is 0.410 e. The summed E-state index contributed by atoms with van der Waals surface area (Å²) in [4.78, 5) is 18.3. The first-order valence-corrected chi connectivity index (χ1v) is 10.0. The van der Waals surface area contributed by atoms with Gasteiger partial charge in [0.05, 0.1) is 15.9 Å². The van der Waals surface area contributed by atoms with Crippen LogP contribution in [0.15, 0.2) is 12.1 Å². The molecule has 28 heavy (non-hydrogen) atoms. The molecule has 1 aliphatic rings. The number of piperidine rings is 1. The zero-order chi connectivity index (χ0) is 20.7. The number of benzene rings is 1. The standard InChI is InChI=1S/C20H25FN4O2S/c1-19(2,3)27-18(26)25-7-6-16(20(4,5)11-25)23-13-9-14-15(8-12(13)21)28-17(10-22)24-14/h8-9,16,23H,6-7,11H2,1-5H3. The van der Waals surface area contributed by atoms with E-state index in [1.165, 1.54) is 17.4 Å². The van der Waals surface area contributed by atoms with Gasteiger partial charge in [-0.2, -0.15) is 5.26 Å². The highest BCUT2D eigenvalue weighted by molar-refractivity contribution is 7.19. The molecule has 1 atom stereocenters. The summed E-state index contributed by atoms with van der Waals surface area (Å²) in [7, 11) is 0. The van der Waals surface area contributed by atoms with Crippen LogP contribution in [-0.2, 0) is 4.74 Å². The molecule has 1 N–H and O–H groups in total. The minimum absolute atomic E-state index is 0.0211. The number of aromatic nitrogens is 1. The number of nitrogens with zero attached hydrogens (tertiary/aromatic N) is 3. The third-order valence-corrected chi connectivity index (χ3v) is 5.71. The van der Waals surface area contributed by atoms with E-state index in [0.29, 0.717) is 40.4 Å². The lowest BCUT2D eigenvalue weighted by atomic mass is 9.79. The summed E-state index contributed by atoms with van der Waals surface area (Å²) in [5.41, 5.74) is 0.154. The number of hydrogen-bond donors (Lipinski definition) is 1. The molecule has 1 aromatic heterocycles. The molecule has 0 radical (unpaired) electrons. The van der Waals surface area contributed by atoms with Gasteiger partial charge in [-0.25, -0.2) is 14.2 Å². The Kier molecular flexibility index (Phi) is 5.24. The van der Waals surface area contributed by atoms with Crippen LogP contribution < -0.4 is 5.32 Å². The first-order valence-electron chi connectivity index (χ1n) is 9.23. The van der Waals surface area contributed by atoms with Crippen molar-refractivity contribution in [1.82, 2.24) is 9.88 Å². The summed E-state index contributed by atoms with van der Waals surface area (Å²) in [5.74, 6) is -0.369. The molecular weight excluding hydrogens is 379 g/mol. The van der Waals surface area contributed by atoms with Gasteiger partial charge in [0.15, 0.2) is 5.01 Å². The van der Waals surface area contributed by atoms with Crippen molar-refractivity contribution in [2.45, 2.75) is 52.7 Å². The largest absolute Gasteiger partial charge is 0.444 e. The van der Waals surface area contributed by atoms with E-state index in [4.69, 9.17) is 10.00 Å². The number of fused-ring (bicyclic) bond motifs is 1. The summed E-state index contributed by atoms with van der Waals surface area (Å²) < 4.78 is 20.7. The number of anilines is 1. The van der Waals surface area contributed by atoms with Gasteiger partial charge >= 0.3 is 6.09 Å². The van der Waals surface area contributed by atoms with Crippen molar-refractivity contribution < 1.29 is 13.9 Å². The number of likely N-dealkylation sites (tertiary alicyclic amines) is 1. The lowest BCUT2D eigenvalue weighted by Crippen LogP contribution is -2.54. The van der Waals surface area contributed by atoms with E-state index in [0.717, 1.165) is 0 Å². The van der Waals surface area contributed by atoms with Crippen LogP contribution in [0.1, 0.15) is 46.0 Å². The number of halogens is 1. The zero-order valence-corrected chi connectivity index (χ0v) is 17.6. The average molecular weight is 405 g/mol. The Balaban J connectivity index is 1.75. The smallest absolute Gasteiger partial charge is 0.410 e. The summed E-state index contributed by atoms with van der Waals surface area (Å²) >= 11 is 1.18. The molecule has 0 spiro atoms. The number of carbonyl (C=O) groups is 1. The molecule has 1 aromatic carbocycles. The van der Waals surface area contributed by atoms with E-state index in [1.54, 1.807) is 11.0 Å². The van der Waals surface area contributed by atoms with Crippen LogP contribution in [0.5, 0.6) is 0 Å². The Morgan fingerprint density at radius 2 is 2.18 bits per heavy atom. The van der Waals surface area contributed by atoms with E-state index in [2.05, 4.69) is 10.3 Å². The fourth-order valence-electron chi connectivity index (χ4n) is 3.40. The minimum atomic E-state index is -0.537. The van der Waals surface area contributed by atoms with E-state index in [-0.39, 0.29) is 23.4 Å². The monoisotopic (exact) mass is 404 g/mol. The van der Waals surface area contributed by atoms with Crippen LogP contribution in [-0.4, -0.2) is 40.7 Å². The average Bonchev–Trinajstić information content (AvgIpc) is 2.96. The topological polar surface area (TPSA) is 78.2 Å². The molecule has 1 amide bonds. The maximum absolute atomic E-state index is 14.6. The van der Waals surface area contributed by atoms with Crippen LogP contribution in [0.2, 0.25) is 0 Å². The molecule has 0 aliphatic carbocycles. The molecular formula is C20H25FN4O2S. The number of carbonyl (C=O) groups excluding carboxylic acids is 1. The number of thiazole rings is 1. The molecule has 1 saturated heterocycles. The Hall–Kier alpha value is -2.40. The van der Waals surface area contributed by atoms with Gasteiger partial charge in [0.1, 0.15) is 17.5 Å². The van der Waals surface area contributed by atoms with Crippen molar-refractivity contribution in [3.8, 4) is 6.07 Å². The van der Waals surface area contributed by atoms with E-state index >= 15 is 0 Å². The minimum Gasteiger partial charge on any atom is -0.444 e. The summed E-state index contributed by atoms with van der Waals surface area (Å²) in [6, 6.07) is 5.04. The predicted molar refractivity (Wildman–Crippen MR) is 108 cm³/mol. The van der Waals surface area contributed by atoms with Crippen molar-refractivity contribution in [1.29, 1.82) is 5.26 Å². The molecule has 1 aliphatic heterocycles.